The summed E-state index contributed by atoms with van der Waals surface area (Å²) in [4.78, 5) is 11.0. The molecule has 0 amide bonds. The number of hydrogen-bond acceptors (Lipinski definition) is 3. The molecule has 0 aliphatic heterocycles. The van der Waals surface area contributed by atoms with E-state index in [0.717, 1.165) is 4.47 Å². The molecule has 1 rings (SSSR count). The number of carboxylic acids is 1. The lowest BCUT2D eigenvalue weighted by molar-refractivity contribution is -0.148. The number of hydrogen-bond donors (Lipinski definition) is 2. The Kier molecular flexibility index (Phi) is 4.76. The highest BCUT2D eigenvalue weighted by molar-refractivity contribution is 9.10. The van der Waals surface area contributed by atoms with Gasteiger partial charge < -0.3 is 14.9 Å². The topological polar surface area (TPSA) is 66.8 Å². The minimum Gasteiger partial charge on any atom is -0.492 e. The molecule has 1 aromatic rings. The van der Waals surface area contributed by atoms with E-state index in [4.69, 9.17) is 9.84 Å². The fourth-order valence-corrected chi connectivity index (χ4v) is 1.64. The van der Waals surface area contributed by atoms with Gasteiger partial charge in [-0.15, -0.1) is 0 Å². The summed E-state index contributed by atoms with van der Waals surface area (Å²) in [6.07, 6.45) is -0.666. The van der Waals surface area contributed by atoms with Crippen LogP contribution in [0.5, 0.6) is 5.75 Å². The van der Waals surface area contributed by atoms with Crippen molar-refractivity contribution in [3.8, 4) is 5.75 Å². The van der Waals surface area contributed by atoms with Gasteiger partial charge in [-0.3, -0.25) is 4.79 Å². The second-order valence-electron chi connectivity index (χ2n) is 4.84. The first-order valence-electron chi connectivity index (χ1n) is 5.58. The monoisotopic (exact) mass is 316 g/mol. The van der Waals surface area contributed by atoms with Crippen molar-refractivity contribution >= 4 is 21.9 Å². The van der Waals surface area contributed by atoms with E-state index in [0.29, 0.717) is 11.3 Å². The van der Waals surface area contributed by atoms with E-state index in [2.05, 4.69) is 15.9 Å². The maximum atomic E-state index is 11.0. The number of carbonyl (C=O) groups is 1. The van der Waals surface area contributed by atoms with Crippen molar-refractivity contribution in [2.75, 3.05) is 6.61 Å². The van der Waals surface area contributed by atoms with E-state index in [1.807, 2.05) is 0 Å². The fourth-order valence-electron chi connectivity index (χ4n) is 1.30. The second kappa shape index (κ2) is 5.71. The molecular weight excluding hydrogens is 300 g/mol. The number of ether oxygens (including phenoxy) is 1. The largest absolute Gasteiger partial charge is 0.492 e. The SMILES string of the molecule is CC(O)c1ccc(Br)cc1OCC(C)(C)C(=O)O. The number of aliphatic hydroxyl groups excluding tert-OH is 1. The van der Waals surface area contributed by atoms with Crippen LogP contribution in [0.15, 0.2) is 22.7 Å². The van der Waals surface area contributed by atoms with E-state index in [9.17, 15) is 9.90 Å². The summed E-state index contributed by atoms with van der Waals surface area (Å²) in [7, 11) is 0. The predicted octanol–water partition coefficient (Wildman–Crippen LogP) is 2.99. The lowest BCUT2D eigenvalue weighted by Gasteiger charge is -2.21. The van der Waals surface area contributed by atoms with E-state index < -0.39 is 17.5 Å². The molecule has 0 saturated heterocycles. The first kappa shape index (κ1) is 15.0. The van der Waals surface area contributed by atoms with Gasteiger partial charge in [0.05, 0.1) is 11.5 Å². The standard InChI is InChI=1S/C13H17BrO4/c1-8(15)10-5-4-9(14)6-11(10)18-7-13(2,3)12(16)17/h4-6,8,15H,7H2,1-3H3,(H,16,17). The highest BCUT2D eigenvalue weighted by atomic mass is 79.9. The van der Waals surface area contributed by atoms with Crippen LogP contribution in [0, 0.1) is 5.41 Å². The van der Waals surface area contributed by atoms with E-state index in [-0.39, 0.29) is 6.61 Å². The molecule has 100 valence electrons. The molecule has 0 aliphatic carbocycles. The van der Waals surface area contributed by atoms with Gasteiger partial charge in [0.15, 0.2) is 0 Å². The highest BCUT2D eigenvalue weighted by Gasteiger charge is 2.28. The van der Waals surface area contributed by atoms with Gasteiger partial charge >= 0.3 is 5.97 Å². The summed E-state index contributed by atoms with van der Waals surface area (Å²) in [6, 6.07) is 5.27. The molecule has 0 spiro atoms. The molecule has 0 saturated carbocycles. The number of aliphatic hydroxyl groups is 1. The Morgan fingerprint density at radius 2 is 2.11 bits per heavy atom. The number of benzene rings is 1. The summed E-state index contributed by atoms with van der Waals surface area (Å²) in [5, 5.41) is 18.6. The molecule has 5 heteroatoms. The maximum Gasteiger partial charge on any atom is 0.312 e. The zero-order valence-electron chi connectivity index (χ0n) is 10.6. The van der Waals surface area contributed by atoms with E-state index >= 15 is 0 Å². The third kappa shape index (κ3) is 3.71. The van der Waals surface area contributed by atoms with Crippen LogP contribution in [0.1, 0.15) is 32.4 Å². The van der Waals surface area contributed by atoms with Gasteiger partial charge in [0.1, 0.15) is 12.4 Å². The minimum atomic E-state index is -0.974. The number of aliphatic carboxylic acids is 1. The average molecular weight is 317 g/mol. The first-order chi connectivity index (χ1) is 8.24. The lowest BCUT2D eigenvalue weighted by Crippen LogP contribution is -2.30. The molecule has 0 fully saturated rings. The van der Waals surface area contributed by atoms with Crippen LogP contribution >= 0.6 is 15.9 Å². The Morgan fingerprint density at radius 3 is 2.61 bits per heavy atom. The summed E-state index contributed by atoms with van der Waals surface area (Å²) < 4.78 is 6.35. The molecule has 1 unspecified atom stereocenters. The summed E-state index contributed by atoms with van der Waals surface area (Å²) in [6.45, 7) is 4.86. The van der Waals surface area contributed by atoms with Crippen LogP contribution in [-0.4, -0.2) is 22.8 Å². The van der Waals surface area contributed by atoms with Gasteiger partial charge in [-0.25, -0.2) is 0 Å². The van der Waals surface area contributed by atoms with Gasteiger partial charge in [-0.2, -0.15) is 0 Å². The Hall–Kier alpha value is -1.07. The van der Waals surface area contributed by atoms with Gasteiger partial charge in [0.25, 0.3) is 0 Å². The quantitative estimate of drug-likeness (QED) is 0.876. The van der Waals surface area contributed by atoms with Gasteiger partial charge in [-0.05, 0) is 32.9 Å². The fraction of sp³-hybridized carbons (Fsp3) is 0.462. The number of rotatable bonds is 5. The van der Waals surface area contributed by atoms with Crippen LogP contribution in [-0.2, 0) is 4.79 Å². The predicted molar refractivity (Wildman–Crippen MR) is 71.7 cm³/mol. The lowest BCUT2D eigenvalue weighted by atomic mass is 9.95. The molecule has 0 aromatic heterocycles. The van der Waals surface area contributed by atoms with Gasteiger partial charge in [0, 0.05) is 10.0 Å². The molecule has 18 heavy (non-hydrogen) atoms. The summed E-state index contributed by atoms with van der Waals surface area (Å²) in [5.41, 5.74) is -0.336. The van der Waals surface area contributed by atoms with Crippen LogP contribution in [0.4, 0.5) is 0 Å². The second-order valence-corrected chi connectivity index (χ2v) is 5.75. The Labute approximate surface area is 115 Å². The molecular formula is C13H17BrO4. The van der Waals surface area contributed by atoms with Gasteiger partial charge in [-0.1, -0.05) is 22.0 Å². The van der Waals surface area contributed by atoms with Crippen LogP contribution in [0.2, 0.25) is 0 Å². The summed E-state index contributed by atoms with van der Waals surface area (Å²) in [5.74, 6) is -0.426. The van der Waals surface area contributed by atoms with Crippen molar-refractivity contribution in [3.05, 3.63) is 28.2 Å². The van der Waals surface area contributed by atoms with E-state index in [1.54, 1.807) is 39.0 Å². The van der Waals surface area contributed by atoms with Gasteiger partial charge in [0.2, 0.25) is 0 Å². The van der Waals surface area contributed by atoms with Crippen molar-refractivity contribution in [1.29, 1.82) is 0 Å². The maximum absolute atomic E-state index is 11.0. The average Bonchev–Trinajstić information content (AvgIpc) is 2.26. The van der Waals surface area contributed by atoms with Crippen molar-refractivity contribution in [2.45, 2.75) is 26.9 Å². The molecule has 1 atom stereocenters. The third-order valence-electron chi connectivity index (χ3n) is 2.59. The zero-order chi connectivity index (χ0) is 13.9. The molecule has 0 bridgehead atoms. The molecule has 2 N–H and O–H groups in total. The minimum absolute atomic E-state index is 0.0402. The van der Waals surface area contributed by atoms with E-state index in [1.165, 1.54) is 0 Å². The van der Waals surface area contributed by atoms with Crippen molar-refractivity contribution < 1.29 is 19.7 Å². The number of halogens is 1. The van der Waals surface area contributed by atoms with Crippen molar-refractivity contribution in [1.82, 2.24) is 0 Å². The smallest absolute Gasteiger partial charge is 0.312 e. The summed E-state index contributed by atoms with van der Waals surface area (Å²) >= 11 is 3.32. The normalized spacial score (nSPS) is 13.2. The number of carboxylic acid groups (broad SMARTS) is 1. The molecule has 0 heterocycles. The molecule has 1 aromatic carbocycles. The van der Waals surface area contributed by atoms with Crippen LogP contribution < -0.4 is 4.74 Å². The molecule has 0 aliphatic rings. The Balaban J connectivity index is 2.90. The first-order valence-corrected chi connectivity index (χ1v) is 6.37. The highest BCUT2D eigenvalue weighted by Crippen LogP contribution is 2.30. The Morgan fingerprint density at radius 1 is 1.50 bits per heavy atom. The van der Waals surface area contributed by atoms with Crippen molar-refractivity contribution in [2.24, 2.45) is 5.41 Å². The molecule has 4 nitrogen and oxygen atoms in total. The van der Waals surface area contributed by atoms with Crippen LogP contribution in [0.3, 0.4) is 0 Å². The van der Waals surface area contributed by atoms with Crippen LogP contribution in [0.25, 0.3) is 0 Å². The van der Waals surface area contributed by atoms with Crippen molar-refractivity contribution in [3.63, 3.8) is 0 Å². The Bertz CT molecular complexity index is 441. The molecule has 0 radical (unpaired) electrons. The zero-order valence-corrected chi connectivity index (χ0v) is 12.2. The third-order valence-corrected chi connectivity index (χ3v) is 3.09.